The molecule has 0 radical (unpaired) electrons. The molecule has 0 saturated carbocycles. The van der Waals surface area contributed by atoms with E-state index in [1.807, 2.05) is 12.1 Å². The van der Waals surface area contributed by atoms with E-state index in [0.717, 1.165) is 16.9 Å². The third-order valence-corrected chi connectivity index (χ3v) is 5.10. The Kier molecular flexibility index (Phi) is 5.42. The van der Waals surface area contributed by atoms with Crippen LogP contribution < -0.4 is 19.5 Å². The normalized spacial score (nSPS) is 10.9. The molecule has 0 atom stereocenters. The summed E-state index contributed by atoms with van der Waals surface area (Å²) in [5.74, 6) is 0.465. The van der Waals surface area contributed by atoms with Crippen LogP contribution in [-0.2, 0) is 0 Å². The van der Waals surface area contributed by atoms with Gasteiger partial charge in [0.1, 0.15) is 22.6 Å². The molecule has 3 rings (SSSR count). The van der Waals surface area contributed by atoms with Gasteiger partial charge in [0.15, 0.2) is 5.57 Å². The van der Waals surface area contributed by atoms with Crippen molar-refractivity contribution in [2.75, 3.05) is 7.11 Å². The highest BCUT2D eigenvalue weighted by molar-refractivity contribution is 7.07. The monoisotopic (exact) mass is 393 g/mol. The van der Waals surface area contributed by atoms with Crippen molar-refractivity contribution in [3.05, 3.63) is 78.7 Å². The first-order chi connectivity index (χ1) is 13.1. The summed E-state index contributed by atoms with van der Waals surface area (Å²) in [5.41, 5.74) is 0.776. The molecule has 7 heteroatoms. The van der Waals surface area contributed by atoms with Crippen molar-refractivity contribution < 1.29 is 4.74 Å². The van der Waals surface area contributed by atoms with Crippen LogP contribution in [0.3, 0.4) is 0 Å². The third kappa shape index (κ3) is 3.63. The lowest BCUT2D eigenvalue weighted by Crippen LogP contribution is -2.31. The second-order valence-corrected chi connectivity index (χ2v) is 6.85. The Morgan fingerprint density at radius 2 is 1.81 bits per heavy atom. The highest BCUT2D eigenvalue weighted by Crippen LogP contribution is 2.19. The number of aromatic nitrogens is 1. The Labute approximate surface area is 163 Å². The standard InChI is InChI=1S/C20H12ClN3O2S/c1-26-17-5-3-2-4-16(17)24-19(25)18(27-20(24)14(11-22)12-23)10-13-6-8-15(21)9-7-13/h2-10H,1H3/b18-10+. The first-order valence-corrected chi connectivity index (χ1v) is 8.95. The van der Waals surface area contributed by atoms with Gasteiger partial charge in [0.2, 0.25) is 0 Å². The van der Waals surface area contributed by atoms with Gasteiger partial charge >= 0.3 is 0 Å². The fourth-order valence-electron chi connectivity index (χ4n) is 2.51. The molecule has 1 heterocycles. The zero-order valence-electron chi connectivity index (χ0n) is 14.1. The van der Waals surface area contributed by atoms with Gasteiger partial charge in [0.25, 0.3) is 5.56 Å². The maximum absolute atomic E-state index is 13.1. The Balaban J connectivity index is 2.41. The largest absolute Gasteiger partial charge is 0.495 e. The number of thiazole rings is 1. The summed E-state index contributed by atoms with van der Waals surface area (Å²) in [6, 6.07) is 17.7. The van der Waals surface area contributed by atoms with Crippen LogP contribution in [0.1, 0.15) is 5.56 Å². The molecule has 0 amide bonds. The molecule has 0 aliphatic heterocycles. The summed E-state index contributed by atoms with van der Waals surface area (Å²) in [4.78, 5) is 13.1. The van der Waals surface area contributed by atoms with Gasteiger partial charge in [0, 0.05) is 5.02 Å². The number of nitriles is 2. The first-order valence-electron chi connectivity index (χ1n) is 7.76. The molecule has 0 unspecified atom stereocenters. The van der Waals surface area contributed by atoms with E-state index in [1.165, 1.54) is 11.7 Å². The molecular weight excluding hydrogens is 382 g/mol. The van der Waals surface area contributed by atoms with E-state index < -0.39 is 0 Å². The molecule has 1 aromatic heterocycles. The molecule has 0 fully saturated rings. The SMILES string of the molecule is COc1ccccc1-n1c(=C(C#N)C#N)s/c(=C/c2ccc(Cl)cc2)c1=O. The minimum atomic E-state index is -0.336. The van der Waals surface area contributed by atoms with Crippen LogP contribution in [-0.4, -0.2) is 11.7 Å². The number of hydrogen-bond acceptors (Lipinski definition) is 5. The van der Waals surface area contributed by atoms with E-state index in [1.54, 1.807) is 54.6 Å². The lowest BCUT2D eigenvalue weighted by Gasteiger charge is -2.08. The average Bonchev–Trinajstić information content (AvgIpc) is 3.00. The molecule has 0 aliphatic carbocycles. The maximum Gasteiger partial charge on any atom is 0.273 e. The van der Waals surface area contributed by atoms with Crippen LogP contribution in [0, 0.1) is 22.7 Å². The predicted octanol–water partition coefficient (Wildman–Crippen LogP) is 2.59. The molecule has 5 nitrogen and oxygen atoms in total. The highest BCUT2D eigenvalue weighted by Gasteiger charge is 2.14. The third-order valence-electron chi connectivity index (χ3n) is 3.75. The summed E-state index contributed by atoms with van der Waals surface area (Å²) in [6.45, 7) is 0. The molecule has 2 aromatic carbocycles. The van der Waals surface area contributed by atoms with Crippen molar-refractivity contribution in [3.8, 4) is 23.6 Å². The van der Waals surface area contributed by atoms with E-state index in [4.69, 9.17) is 16.3 Å². The van der Waals surface area contributed by atoms with Crippen molar-refractivity contribution >= 4 is 34.6 Å². The van der Waals surface area contributed by atoms with Crippen LogP contribution in [0.15, 0.2) is 53.3 Å². The first kappa shape index (κ1) is 18.5. The Morgan fingerprint density at radius 3 is 2.44 bits per heavy atom. The lowest BCUT2D eigenvalue weighted by molar-refractivity contribution is 0.412. The topological polar surface area (TPSA) is 78.8 Å². The van der Waals surface area contributed by atoms with E-state index in [0.29, 0.717) is 21.0 Å². The van der Waals surface area contributed by atoms with Gasteiger partial charge < -0.3 is 4.74 Å². The second-order valence-electron chi connectivity index (χ2n) is 5.38. The molecule has 27 heavy (non-hydrogen) atoms. The summed E-state index contributed by atoms with van der Waals surface area (Å²) in [6.07, 6.45) is 1.70. The van der Waals surface area contributed by atoms with Gasteiger partial charge in [0.05, 0.1) is 17.3 Å². The van der Waals surface area contributed by atoms with E-state index >= 15 is 0 Å². The number of hydrogen-bond donors (Lipinski definition) is 0. The maximum atomic E-state index is 13.1. The molecule has 0 bridgehead atoms. The average molecular weight is 394 g/mol. The van der Waals surface area contributed by atoms with Crippen molar-refractivity contribution in [2.45, 2.75) is 0 Å². The van der Waals surface area contributed by atoms with Gasteiger partial charge in [-0.3, -0.25) is 9.36 Å². The zero-order chi connectivity index (χ0) is 19.4. The minimum absolute atomic E-state index is 0.140. The summed E-state index contributed by atoms with van der Waals surface area (Å²) >= 11 is 6.98. The Bertz CT molecular complexity index is 1240. The summed E-state index contributed by atoms with van der Waals surface area (Å²) in [5, 5.41) is 19.2. The second kappa shape index (κ2) is 7.92. The van der Waals surface area contributed by atoms with Crippen LogP contribution in [0.4, 0.5) is 0 Å². The lowest BCUT2D eigenvalue weighted by atomic mass is 10.2. The van der Waals surface area contributed by atoms with E-state index in [-0.39, 0.29) is 15.8 Å². The molecule has 0 saturated heterocycles. The molecule has 0 spiro atoms. The van der Waals surface area contributed by atoms with Crippen LogP contribution in [0.25, 0.3) is 17.3 Å². The van der Waals surface area contributed by atoms with Crippen LogP contribution >= 0.6 is 22.9 Å². The minimum Gasteiger partial charge on any atom is -0.495 e. The molecule has 3 aromatic rings. The number of para-hydroxylation sites is 2. The number of methoxy groups -OCH3 is 1. The number of benzene rings is 2. The van der Waals surface area contributed by atoms with Gasteiger partial charge in [-0.15, -0.1) is 11.3 Å². The molecule has 0 N–H and O–H groups in total. The van der Waals surface area contributed by atoms with Crippen molar-refractivity contribution in [2.24, 2.45) is 0 Å². The van der Waals surface area contributed by atoms with Crippen molar-refractivity contribution in [1.29, 1.82) is 10.5 Å². The predicted molar refractivity (Wildman–Crippen MR) is 105 cm³/mol. The van der Waals surface area contributed by atoms with E-state index in [9.17, 15) is 15.3 Å². The van der Waals surface area contributed by atoms with Gasteiger partial charge in [-0.2, -0.15) is 10.5 Å². The van der Waals surface area contributed by atoms with Crippen LogP contribution in [0.5, 0.6) is 5.75 Å². The van der Waals surface area contributed by atoms with Gasteiger partial charge in [-0.1, -0.05) is 35.9 Å². The number of halogens is 1. The van der Waals surface area contributed by atoms with Gasteiger partial charge in [-0.05, 0) is 35.9 Å². The van der Waals surface area contributed by atoms with Crippen molar-refractivity contribution in [1.82, 2.24) is 4.57 Å². The van der Waals surface area contributed by atoms with Crippen LogP contribution in [0.2, 0.25) is 5.02 Å². The quantitative estimate of drug-likeness (QED) is 0.685. The Morgan fingerprint density at radius 1 is 1.15 bits per heavy atom. The number of ether oxygens (including phenoxy) is 1. The molecule has 132 valence electrons. The summed E-state index contributed by atoms with van der Waals surface area (Å²) < 4.78 is 7.33. The number of rotatable bonds is 3. The smallest absolute Gasteiger partial charge is 0.273 e. The highest BCUT2D eigenvalue weighted by atomic mass is 35.5. The number of nitrogens with zero attached hydrogens (tertiary/aromatic N) is 3. The fourth-order valence-corrected chi connectivity index (χ4v) is 3.69. The fraction of sp³-hybridized carbons (Fsp3) is 0.0500. The Hall–Kier alpha value is -3.32. The molecular formula is C20H12ClN3O2S. The summed E-state index contributed by atoms with van der Waals surface area (Å²) in [7, 11) is 1.50. The molecule has 0 aliphatic rings. The van der Waals surface area contributed by atoms with E-state index in [2.05, 4.69) is 0 Å². The zero-order valence-corrected chi connectivity index (χ0v) is 15.7. The van der Waals surface area contributed by atoms with Gasteiger partial charge in [-0.25, -0.2) is 0 Å². The van der Waals surface area contributed by atoms with Crippen molar-refractivity contribution in [3.63, 3.8) is 0 Å².